The molecule has 144 valence electrons. The molecule has 1 atom stereocenters. The molecule has 0 heterocycles. The molecule has 1 rings (SSSR count). The van der Waals surface area contributed by atoms with E-state index in [9.17, 15) is 40.7 Å². The Hall–Kier alpha value is -2.79. The second-order valence-electron chi connectivity index (χ2n) is 4.63. The number of benzene rings is 1. The normalized spacial score (nSPS) is 12.9. The predicted octanol–water partition coefficient (Wildman–Crippen LogP) is 2.86. The summed E-state index contributed by atoms with van der Waals surface area (Å²) in [6, 6.07) is 3.72. The van der Waals surface area contributed by atoms with Crippen molar-refractivity contribution in [3.63, 3.8) is 0 Å². The highest BCUT2D eigenvalue weighted by Gasteiger charge is 2.43. The first-order valence-corrected chi connectivity index (χ1v) is 6.58. The van der Waals surface area contributed by atoms with Gasteiger partial charge in [-0.15, -0.1) is 0 Å². The monoisotopic (exact) mass is 388 g/mol. The Balaban J connectivity index is 3.09. The van der Waals surface area contributed by atoms with Crippen molar-refractivity contribution in [3.05, 3.63) is 29.8 Å². The highest BCUT2D eigenvalue weighted by Crippen LogP contribution is 2.29. The van der Waals surface area contributed by atoms with Gasteiger partial charge in [0.25, 0.3) is 0 Å². The number of carbonyl (C=O) groups is 3. The van der Waals surface area contributed by atoms with Crippen LogP contribution in [-0.2, 0) is 23.9 Å². The van der Waals surface area contributed by atoms with E-state index in [-0.39, 0.29) is 5.56 Å². The summed E-state index contributed by atoms with van der Waals surface area (Å²) in [7, 11) is 0.923. The minimum absolute atomic E-state index is 0.319. The summed E-state index contributed by atoms with van der Waals surface area (Å²) >= 11 is 0. The summed E-state index contributed by atoms with van der Waals surface area (Å²) in [6.45, 7) is 0. The molecule has 0 aliphatic heterocycles. The number of esters is 3. The molecule has 0 fully saturated rings. The van der Waals surface area contributed by atoms with E-state index in [0.717, 1.165) is 31.4 Å². The fourth-order valence-electron chi connectivity index (χ4n) is 1.60. The van der Waals surface area contributed by atoms with Crippen molar-refractivity contribution in [2.24, 2.45) is 0 Å². The Morgan fingerprint density at radius 1 is 1.00 bits per heavy atom. The fourth-order valence-corrected chi connectivity index (χ4v) is 1.60. The third-order valence-corrected chi connectivity index (χ3v) is 2.73. The van der Waals surface area contributed by atoms with Gasteiger partial charge in [-0.1, -0.05) is 12.1 Å². The molecule has 6 nitrogen and oxygen atoms in total. The standard InChI is InChI=1S/C14H10F6O6/c1-24-10(21)6-9(26-12(23)14(18,19)20)7-3-2-4-8(5-7)25-11(22)13(15,16)17/h2-5,9H,6H2,1H3. The molecule has 0 aromatic heterocycles. The van der Waals surface area contributed by atoms with Crippen LogP contribution in [0.1, 0.15) is 18.1 Å². The number of carbonyl (C=O) groups excluding carboxylic acids is 3. The lowest BCUT2D eigenvalue weighted by Gasteiger charge is -2.19. The van der Waals surface area contributed by atoms with Crippen LogP contribution in [0.4, 0.5) is 26.3 Å². The van der Waals surface area contributed by atoms with Gasteiger partial charge in [0.2, 0.25) is 0 Å². The van der Waals surface area contributed by atoms with Crippen LogP contribution in [0.5, 0.6) is 5.75 Å². The lowest BCUT2D eigenvalue weighted by atomic mass is 10.1. The van der Waals surface area contributed by atoms with E-state index in [0.29, 0.717) is 0 Å². The van der Waals surface area contributed by atoms with E-state index < -0.39 is 48.5 Å². The molecular weight excluding hydrogens is 378 g/mol. The van der Waals surface area contributed by atoms with Gasteiger partial charge < -0.3 is 14.2 Å². The molecule has 0 bridgehead atoms. The number of methoxy groups -OCH3 is 1. The average molecular weight is 388 g/mol. The molecule has 1 aromatic carbocycles. The first kappa shape index (κ1) is 21.3. The van der Waals surface area contributed by atoms with Gasteiger partial charge in [-0.3, -0.25) is 4.79 Å². The molecule has 1 unspecified atom stereocenters. The molecule has 0 spiro atoms. The number of alkyl halides is 6. The summed E-state index contributed by atoms with van der Waals surface area (Å²) in [4.78, 5) is 33.1. The Bertz CT molecular complexity index is 681. The number of halogens is 6. The van der Waals surface area contributed by atoms with Crippen LogP contribution >= 0.6 is 0 Å². The lowest BCUT2D eigenvalue weighted by Crippen LogP contribution is -2.29. The lowest BCUT2D eigenvalue weighted by molar-refractivity contribution is -0.206. The topological polar surface area (TPSA) is 78.9 Å². The van der Waals surface area contributed by atoms with Gasteiger partial charge in [-0.25, -0.2) is 9.59 Å². The van der Waals surface area contributed by atoms with Gasteiger partial charge in [-0.2, -0.15) is 26.3 Å². The second-order valence-corrected chi connectivity index (χ2v) is 4.63. The molecule has 0 saturated heterocycles. The van der Waals surface area contributed by atoms with Gasteiger partial charge in [0.1, 0.15) is 11.9 Å². The molecule has 0 saturated carbocycles. The van der Waals surface area contributed by atoms with Gasteiger partial charge in [0.15, 0.2) is 0 Å². The third-order valence-electron chi connectivity index (χ3n) is 2.73. The Morgan fingerprint density at radius 2 is 1.58 bits per heavy atom. The molecular formula is C14H10F6O6. The van der Waals surface area contributed by atoms with Crippen LogP contribution in [0.25, 0.3) is 0 Å². The number of hydrogen-bond donors (Lipinski definition) is 0. The average Bonchev–Trinajstić information content (AvgIpc) is 2.52. The minimum Gasteiger partial charge on any atom is -0.469 e. The van der Waals surface area contributed by atoms with Crippen LogP contribution in [0.2, 0.25) is 0 Å². The number of ether oxygens (including phenoxy) is 3. The van der Waals surface area contributed by atoms with E-state index in [2.05, 4.69) is 14.2 Å². The number of hydrogen-bond acceptors (Lipinski definition) is 6. The van der Waals surface area contributed by atoms with Crippen LogP contribution in [0, 0.1) is 0 Å². The van der Waals surface area contributed by atoms with Crippen LogP contribution < -0.4 is 4.74 Å². The molecule has 26 heavy (non-hydrogen) atoms. The summed E-state index contributed by atoms with van der Waals surface area (Å²) in [6.07, 6.45) is -13.4. The molecule has 12 heteroatoms. The van der Waals surface area contributed by atoms with Gasteiger partial charge in [-0.05, 0) is 17.7 Å². The van der Waals surface area contributed by atoms with Crippen LogP contribution in [0.15, 0.2) is 24.3 Å². The zero-order valence-electron chi connectivity index (χ0n) is 12.8. The van der Waals surface area contributed by atoms with Gasteiger partial charge in [0.05, 0.1) is 13.5 Å². The predicted molar refractivity (Wildman–Crippen MR) is 69.7 cm³/mol. The SMILES string of the molecule is COC(=O)CC(OC(=O)C(F)(F)F)c1cccc(OC(=O)C(F)(F)F)c1. The maximum Gasteiger partial charge on any atom is 0.491 e. The Labute approximate surface area is 141 Å². The fraction of sp³-hybridized carbons (Fsp3) is 0.357. The zero-order chi connectivity index (χ0) is 20.1. The van der Waals surface area contributed by atoms with E-state index in [1.54, 1.807) is 0 Å². The minimum atomic E-state index is -5.37. The van der Waals surface area contributed by atoms with Crippen molar-refractivity contribution in [1.29, 1.82) is 0 Å². The van der Waals surface area contributed by atoms with Crippen molar-refractivity contribution >= 4 is 17.9 Å². The first-order valence-electron chi connectivity index (χ1n) is 6.58. The molecule has 0 amide bonds. The quantitative estimate of drug-likeness (QED) is 0.439. The number of rotatable bonds is 5. The van der Waals surface area contributed by atoms with Crippen LogP contribution in [0.3, 0.4) is 0 Å². The maximum atomic E-state index is 12.3. The molecule has 0 aliphatic carbocycles. The molecule has 0 aliphatic rings. The highest BCUT2D eigenvalue weighted by atomic mass is 19.4. The van der Waals surface area contributed by atoms with E-state index in [4.69, 9.17) is 0 Å². The highest BCUT2D eigenvalue weighted by molar-refractivity contribution is 5.78. The zero-order valence-corrected chi connectivity index (χ0v) is 12.8. The van der Waals surface area contributed by atoms with Crippen molar-refractivity contribution in [2.45, 2.75) is 24.9 Å². The Kier molecular flexibility index (Phi) is 6.59. The first-order chi connectivity index (χ1) is 11.8. The van der Waals surface area contributed by atoms with Crippen molar-refractivity contribution < 1.29 is 54.9 Å². The Morgan fingerprint density at radius 3 is 2.08 bits per heavy atom. The summed E-state index contributed by atoms with van der Waals surface area (Å²) < 4.78 is 86.0. The van der Waals surface area contributed by atoms with E-state index in [1.807, 2.05) is 0 Å². The third kappa shape index (κ3) is 6.26. The molecule has 0 N–H and O–H groups in total. The van der Waals surface area contributed by atoms with Crippen molar-refractivity contribution in [1.82, 2.24) is 0 Å². The summed E-state index contributed by atoms with van der Waals surface area (Å²) in [5.74, 6) is -6.92. The molecule has 0 radical (unpaired) electrons. The van der Waals surface area contributed by atoms with Gasteiger partial charge >= 0.3 is 30.3 Å². The second kappa shape index (κ2) is 8.06. The summed E-state index contributed by atoms with van der Waals surface area (Å²) in [5, 5.41) is 0. The van der Waals surface area contributed by atoms with Crippen LogP contribution in [-0.4, -0.2) is 37.4 Å². The van der Waals surface area contributed by atoms with Crippen molar-refractivity contribution in [2.75, 3.05) is 7.11 Å². The molecule has 1 aromatic rings. The van der Waals surface area contributed by atoms with E-state index in [1.165, 1.54) is 0 Å². The smallest absolute Gasteiger partial charge is 0.469 e. The largest absolute Gasteiger partial charge is 0.491 e. The summed E-state index contributed by atoms with van der Waals surface area (Å²) in [5.41, 5.74) is -0.319. The van der Waals surface area contributed by atoms with Crippen molar-refractivity contribution in [3.8, 4) is 5.75 Å². The van der Waals surface area contributed by atoms with E-state index >= 15 is 0 Å². The maximum absolute atomic E-state index is 12.3. The van der Waals surface area contributed by atoms with Gasteiger partial charge in [0, 0.05) is 0 Å².